The van der Waals surface area contributed by atoms with Gasteiger partial charge in [-0.1, -0.05) is 12.1 Å². The number of halogens is 1. The number of nitrogen functional groups attached to an aromatic ring is 1. The summed E-state index contributed by atoms with van der Waals surface area (Å²) in [6.07, 6.45) is 0.409. The second kappa shape index (κ2) is 6.57. The zero-order chi connectivity index (χ0) is 16.2. The van der Waals surface area contributed by atoms with Gasteiger partial charge < -0.3 is 15.6 Å². The minimum atomic E-state index is -0.287. The Bertz CT molecular complexity index is 813. The maximum atomic E-state index is 12.9. The van der Waals surface area contributed by atoms with E-state index in [0.717, 1.165) is 10.4 Å². The highest BCUT2D eigenvalue weighted by molar-refractivity contribution is 7.17. The molecular weight excluding hydrogens is 319 g/mol. The number of nitrogens with zero attached hydrogens (tertiary/aromatic N) is 2. The van der Waals surface area contributed by atoms with Crippen molar-refractivity contribution >= 4 is 23.2 Å². The van der Waals surface area contributed by atoms with Crippen molar-refractivity contribution in [3.8, 4) is 10.4 Å². The number of rotatable bonds is 5. The molecule has 3 rings (SSSR count). The molecule has 0 saturated carbocycles. The Kier molecular flexibility index (Phi) is 4.33. The summed E-state index contributed by atoms with van der Waals surface area (Å²) in [5.41, 5.74) is 6.22. The summed E-state index contributed by atoms with van der Waals surface area (Å²) in [5.74, 6) is -0.0183. The van der Waals surface area contributed by atoms with Crippen LogP contribution in [0.1, 0.15) is 15.6 Å². The molecule has 0 unspecified atom stereocenters. The lowest BCUT2D eigenvalue weighted by molar-refractivity contribution is 0.0957. The monoisotopic (exact) mass is 332 g/mol. The Labute approximate surface area is 135 Å². The molecule has 0 saturated heterocycles. The number of aromatic nitrogens is 2. The van der Waals surface area contributed by atoms with E-state index >= 15 is 0 Å². The largest absolute Gasteiger partial charge is 0.365 e. The number of anilines is 1. The summed E-state index contributed by atoms with van der Waals surface area (Å²) >= 11 is 1.34. The van der Waals surface area contributed by atoms with Gasteiger partial charge in [0, 0.05) is 17.8 Å². The molecule has 1 aromatic carbocycles. The van der Waals surface area contributed by atoms with Crippen molar-refractivity contribution in [3.63, 3.8) is 0 Å². The number of amides is 1. The Morgan fingerprint density at radius 1 is 1.26 bits per heavy atom. The summed E-state index contributed by atoms with van der Waals surface area (Å²) in [4.78, 5) is 17.4. The minimum Gasteiger partial charge on any atom is -0.365 e. The quantitative estimate of drug-likeness (QED) is 0.748. The highest BCUT2D eigenvalue weighted by Crippen LogP contribution is 2.28. The molecule has 2 aromatic heterocycles. The van der Waals surface area contributed by atoms with Crippen molar-refractivity contribution in [2.45, 2.75) is 6.42 Å². The van der Waals surface area contributed by atoms with Gasteiger partial charge in [-0.15, -0.1) is 11.3 Å². The predicted octanol–water partition coefficient (Wildman–Crippen LogP) is 2.49. The van der Waals surface area contributed by atoms with E-state index in [4.69, 9.17) is 10.3 Å². The van der Waals surface area contributed by atoms with E-state index in [9.17, 15) is 9.18 Å². The average molecular weight is 332 g/mol. The van der Waals surface area contributed by atoms with Gasteiger partial charge in [-0.3, -0.25) is 4.79 Å². The van der Waals surface area contributed by atoms with Gasteiger partial charge in [-0.2, -0.15) is 4.98 Å². The van der Waals surface area contributed by atoms with E-state index in [1.165, 1.54) is 23.5 Å². The normalized spacial score (nSPS) is 10.7. The first-order valence-electron chi connectivity index (χ1n) is 6.84. The van der Waals surface area contributed by atoms with Crippen molar-refractivity contribution in [1.82, 2.24) is 15.5 Å². The SMILES string of the molecule is Nc1noc(CCNC(=O)c2ccc(-c3ccc(F)cc3)s2)n1. The number of benzene rings is 1. The number of hydrogen-bond donors (Lipinski definition) is 2. The van der Waals surface area contributed by atoms with Crippen molar-refractivity contribution < 1.29 is 13.7 Å². The first-order chi connectivity index (χ1) is 11.1. The van der Waals surface area contributed by atoms with Crippen LogP contribution < -0.4 is 11.1 Å². The molecule has 0 radical (unpaired) electrons. The lowest BCUT2D eigenvalue weighted by atomic mass is 10.2. The first-order valence-corrected chi connectivity index (χ1v) is 7.65. The van der Waals surface area contributed by atoms with Gasteiger partial charge in [0.15, 0.2) is 0 Å². The number of carbonyl (C=O) groups is 1. The van der Waals surface area contributed by atoms with Gasteiger partial charge in [-0.25, -0.2) is 4.39 Å². The highest BCUT2D eigenvalue weighted by Gasteiger charge is 2.11. The van der Waals surface area contributed by atoms with Crippen LogP contribution >= 0.6 is 11.3 Å². The van der Waals surface area contributed by atoms with Crippen molar-refractivity contribution in [2.24, 2.45) is 0 Å². The molecule has 0 spiro atoms. The number of thiophene rings is 1. The van der Waals surface area contributed by atoms with Gasteiger partial charge in [-0.05, 0) is 35.0 Å². The second-order valence-electron chi connectivity index (χ2n) is 4.72. The third-order valence-electron chi connectivity index (χ3n) is 3.07. The summed E-state index contributed by atoms with van der Waals surface area (Å²) < 4.78 is 17.8. The van der Waals surface area contributed by atoms with Crippen LogP contribution in [0.3, 0.4) is 0 Å². The predicted molar refractivity (Wildman–Crippen MR) is 84.5 cm³/mol. The summed E-state index contributed by atoms with van der Waals surface area (Å²) in [7, 11) is 0. The van der Waals surface area contributed by atoms with Crippen molar-refractivity contribution in [2.75, 3.05) is 12.3 Å². The fraction of sp³-hybridized carbons (Fsp3) is 0.133. The molecule has 3 aromatic rings. The van der Waals surface area contributed by atoms with Gasteiger partial charge in [0.1, 0.15) is 5.82 Å². The molecule has 0 fully saturated rings. The van der Waals surface area contributed by atoms with Crippen LogP contribution in [0.25, 0.3) is 10.4 Å². The maximum absolute atomic E-state index is 12.9. The Hall–Kier alpha value is -2.74. The maximum Gasteiger partial charge on any atom is 0.261 e. The lowest BCUT2D eigenvalue weighted by Crippen LogP contribution is -2.24. The molecule has 8 heteroatoms. The molecular formula is C15H13FN4O2S. The zero-order valence-electron chi connectivity index (χ0n) is 12.0. The molecule has 23 heavy (non-hydrogen) atoms. The molecule has 0 aliphatic rings. The van der Waals surface area contributed by atoms with Gasteiger partial charge >= 0.3 is 0 Å². The van der Waals surface area contributed by atoms with E-state index in [1.54, 1.807) is 18.2 Å². The Morgan fingerprint density at radius 2 is 2.04 bits per heavy atom. The molecule has 118 valence electrons. The molecule has 1 amide bonds. The van der Waals surface area contributed by atoms with E-state index in [1.807, 2.05) is 6.07 Å². The minimum absolute atomic E-state index is 0.0773. The molecule has 0 aliphatic carbocycles. The van der Waals surface area contributed by atoms with Crippen molar-refractivity contribution in [1.29, 1.82) is 0 Å². The number of carbonyl (C=O) groups excluding carboxylic acids is 1. The highest BCUT2D eigenvalue weighted by atomic mass is 32.1. The van der Waals surface area contributed by atoms with E-state index in [-0.39, 0.29) is 17.7 Å². The number of nitrogens with one attached hydrogen (secondary N) is 1. The van der Waals surface area contributed by atoms with E-state index in [2.05, 4.69) is 15.5 Å². The van der Waals surface area contributed by atoms with Gasteiger partial charge in [0.05, 0.1) is 4.88 Å². The molecule has 2 heterocycles. The first kappa shape index (κ1) is 15.2. The van der Waals surface area contributed by atoms with Crippen LogP contribution in [-0.4, -0.2) is 22.6 Å². The summed E-state index contributed by atoms with van der Waals surface area (Å²) in [6, 6.07) is 9.73. The fourth-order valence-corrected chi connectivity index (χ4v) is 2.90. The average Bonchev–Trinajstić information content (AvgIpc) is 3.17. The molecule has 3 N–H and O–H groups in total. The molecule has 0 bridgehead atoms. The molecule has 0 atom stereocenters. The standard InChI is InChI=1S/C15H13FN4O2S/c16-10-3-1-9(2-4-10)11-5-6-12(23-11)14(21)18-8-7-13-19-15(17)20-22-13/h1-6H,7-8H2,(H2,17,20)(H,18,21). The zero-order valence-corrected chi connectivity index (χ0v) is 12.8. The van der Waals surface area contributed by atoms with Crippen molar-refractivity contribution in [3.05, 3.63) is 53.0 Å². The molecule has 0 aliphatic heterocycles. The van der Waals surface area contributed by atoms with E-state index < -0.39 is 0 Å². The van der Waals surface area contributed by atoms with Gasteiger partial charge in [0.2, 0.25) is 5.89 Å². The van der Waals surface area contributed by atoms with Crippen LogP contribution in [0, 0.1) is 5.82 Å². The Morgan fingerprint density at radius 3 is 2.74 bits per heavy atom. The molecule has 6 nitrogen and oxygen atoms in total. The van der Waals surface area contributed by atoms with Crippen LogP contribution in [0.2, 0.25) is 0 Å². The van der Waals surface area contributed by atoms with Gasteiger partial charge in [0.25, 0.3) is 11.9 Å². The third kappa shape index (κ3) is 3.72. The topological polar surface area (TPSA) is 94.0 Å². The summed E-state index contributed by atoms with van der Waals surface area (Å²) in [5, 5.41) is 6.24. The summed E-state index contributed by atoms with van der Waals surface area (Å²) in [6.45, 7) is 0.365. The number of hydrogen-bond acceptors (Lipinski definition) is 6. The Balaban J connectivity index is 1.58. The smallest absolute Gasteiger partial charge is 0.261 e. The van der Waals surface area contributed by atoms with Crippen LogP contribution in [0.15, 0.2) is 40.9 Å². The second-order valence-corrected chi connectivity index (χ2v) is 5.81. The fourth-order valence-electron chi connectivity index (χ4n) is 1.97. The third-order valence-corrected chi connectivity index (χ3v) is 4.20. The van der Waals surface area contributed by atoms with Crippen LogP contribution in [0.4, 0.5) is 10.3 Å². The van der Waals surface area contributed by atoms with Crippen LogP contribution in [0.5, 0.6) is 0 Å². The number of nitrogens with two attached hydrogens (primary N) is 1. The van der Waals surface area contributed by atoms with Crippen LogP contribution in [-0.2, 0) is 6.42 Å². The van der Waals surface area contributed by atoms with E-state index in [0.29, 0.717) is 23.7 Å². The lowest BCUT2D eigenvalue weighted by Gasteiger charge is -2.00.